The predicted octanol–water partition coefficient (Wildman–Crippen LogP) is 1.99. The number of aliphatic hydroxyl groups excluding tert-OH is 1. The van der Waals surface area contributed by atoms with Crippen molar-refractivity contribution in [1.29, 1.82) is 0 Å². The van der Waals surface area contributed by atoms with Crippen molar-refractivity contribution in [3.63, 3.8) is 0 Å². The summed E-state index contributed by atoms with van der Waals surface area (Å²) >= 11 is 0. The van der Waals surface area contributed by atoms with Crippen LogP contribution in [0.3, 0.4) is 0 Å². The molecule has 1 atom stereocenters. The molecule has 0 heterocycles. The van der Waals surface area contributed by atoms with Gasteiger partial charge >= 0.3 is 0 Å². The number of hydrogen-bond acceptors (Lipinski definition) is 2. The number of hydrogen-bond donors (Lipinski definition) is 2. The van der Waals surface area contributed by atoms with E-state index in [1.807, 2.05) is 0 Å². The average Bonchev–Trinajstić information content (AvgIpc) is 1.96. The highest BCUT2D eigenvalue weighted by Gasteiger charge is 2.04. The third kappa shape index (κ3) is 8.02. The fourth-order valence-electron chi connectivity index (χ4n) is 0.965. The van der Waals surface area contributed by atoms with Crippen LogP contribution in [0.4, 0.5) is 0 Å². The lowest BCUT2D eigenvalue weighted by molar-refractivity contribution is 0.117. The van der Waals surface area contributed by atoms with Gasteiger partial charge in [-0.1, -0.05) is 27.7 Å². The lowest BCUT2D eigenvalue weighted by Crippen LogP contribution is -2.32. The third-order valence-corrected chi connectivity index (χ3v) is 1.78. The molecule has 0 amide bonds. The zero-order valence-electron chi connectivity index (χ0n) is 8.80. The van der Waals surface area contributed by atoms with Crippen LogP contribution in [0.1, 0.15) is 40.5 Å². The molecule has 0 aliphatic rings. The highest BCUT2D eigenvalue weighted by Crippen LogP contribution is 2.05. The van der Waals surface area contributed by atoms with Crippen molar-refractivity contribution in [3.8, 4) is 0 Å². The number of aliphatic hydroxyl groups is 1. The van der Waals surface area contributed by atoms with E-state index in [-0.39, 0.29) is 6.23 Å². The second-order valence-corrected chi connectivity index (χ2v) is 4.29. The Hall–Kier alpha value is -0.0800. The molecule has 0 saturated carbocycles. The van der Waals surface area contributed by atoms with E-state index in [1.165, 1.54) is 0 Å². The monoisotopic (exact) mass is 173 g/mol. The van der Waals surface area contributed by atoms with E-state index in [9.17, 15) is 5.11 Å². The van der Waals surface area contributed by atoms with Crippen LogP contribution in [0.15, 0.2) is 0 Å². The maximum atomic E-state index is 9.44. The van der Waals surface area contributed by atoms with Crippen molar-refractivity contribution >= 4 is 0 Å². The van der Waals surface area contributed by atoms with Crippen molar-refractivity contribution in [3.05, 3.63) is 0 Å². The molecule has 2 heteroatoms. The standard InChI is InChI=1S/C10H23NO/c1-8(2)5-6-10(12)11-7-9(3)4/h8-12H,5-7H2,1-4H3. The van der Waals surface area contributed by atoms with Crippen molar-refractivity contribution in [2.24, 2.45) is 11.8 Å². The summed E-state index contributed by atoms with van der Waals surface area (Å²) in [7, 11) is 0. The number of rotatable bonds is 6. The first-order valence-corrected chi connectivity index (χ1v) is 4.93. The minimum Gasteiger partial charge on any atom is -0.379 e. The molecule has 0 aliphatic carbocycles. The Morgan fingerprint density at radius 2 is 1.58 bits per heavy atom. The van der Waals surface area contributed by atoms with Crippen LogP contribution < -0.4 is 5.32 Å². The van der Waals surface area contributed by atoms with Gasteiger partial charge in [0.2, 0.25) is 0 Å². The maximum absolute atomic E-state index is 9.44. The normalized spacial score (nSPS) is 14.2. The van der Waals surface area contributed by atoms with E-state index in [2.05, 4.69) is 33.0 Å². The van der Waals surface area contributed by atoms with Gasteiger partial charge in [0.15, 0.2) is 0 Å². The quantitative estimate of drug-likeness (QED) is 0.602. The zero-order chi connectivity index (χ0) is 9.56. The minimum absolute atomic E-state index is 0.310. The molecule has 0 aromatic carbocycles. The molecule has 0 aromatic rings. The highest BCUT2D eigenvalue weighted by molar-refractivity contribution is 4.57. The molecule has 74 valence electrons. The Bertz CT molecular complexity index is 90.0. The van der Waals surface area contributed by atoms with Crippen LogP contribution in [0.2, 0.25) is 0 Å². The van der Waals surface area contributed by atoms with Gasteiger partial charge in [-0.2, -0.15) is 0 Å². The van der Waals surface area contributed by atoms with Gasteiger partial charge in [0.05, 0.1) is 0 Å². The molecule has 0 rings (SSSR count). The van der Waals surface area contributed by atoms with Crippen LogP contribution in [0.5, 0.6) is 0 Å². The van der Waals surface area contributed by atoms with E-state index in [4.69, 9.17) is 0 Å². The molecule has 0 saturated heterocycles. The molecule has 0 bridgehead atoms. The van der Waals surface area contributed by atoms with Gasteiger partial charge in [0.25, 0.3) is 0 Å². The molecule has 0 fully saturated rings. The first kappa shape index (κ1) is 11.9. The largest absolute Gasteiger partial charge is 0.379 e. The van der Waals surface area contributed by atoms with Gasteiger partial charge in [0, 0.05) is 0 Å². The molecule has 0 aliphatic heterocycles. The summed E-state index contributed by atoms with van der Waals surface area (Å²) in [4.78, 5) is 0. The summed E-state index contributed by atoms with van der Waals surface area (Å²) < 4.78 is 0. The summed E-state index contributed by atoms with van der Waals surface area (Å²) in [5.41, 5.74) is 0. The fraction of sp³-hybridized carbons (Fsp3) is 1.00. The number of nitrogens with one attached hydrogen (secondary N) is 1. The molecular formula is C10H23NO. The van der Waals surface area contributed by atoms with Crippen LogP contribution in [0.25, 0.3) is 0 Å². The summed E-state index contributed by atoms with van der Waals surface area (Å²) in [5.74, 6) is 1.29. The summed E-state index contributed by atoms with van der Waals surface area (Å²) in [5, 5.41) is 12.5. The van der Waals surface area contributed by atoms with Crippen LogP contribution in [0, 0.1) is 11.8 Å². The second-order valence-electron chi connectivity index (χ2n) is 4.29. The molecule has 0 spiro atoms. The molecule has 0 aromatic heterocycles. The van der Waals surface area contributed by atoms with E-state index in [0.29, 0.717) is 11.8 Å². The van der Waals surface area contributed by atoms with Crippen molar-refractivity contribution in [2.45, 2.75) is 46.8 Å². The smallest absolute Gasteiger partial charge is 0.104 e. The Morgan fingerprint density at radius 3 is 2.00 bits per heavy atom. The summed E-state index contributed by atoms with van der Waals surface area (Å²) in [6.45, 7) is 9.54. The molecular weight excluding hydrogens is 150 g/mol. The molecule has 12 heavy (non-hydrogen) atoms. The Balaban J connectivity index is 3.27. The van der Waals surface area contributed by atoms with Gasteiger partial charge in [-0.25, -0.2) is 0 Å². The molecule has 1 unspecified atom stereocenters. The van der Waals surface area contributed by atoms with Crippen molar-refractivity contribution in [2.75, 3.05) is 6.54 Å². The highest BCUT2D eigenvalue weighted by atomic mass is 16.3. The van der Waals surface area contributed by atoms with Crippen molar-refractivity contribution in [1.82, 2.24) is 5.32 Å². The zero-order valence-corrected chi connectivity index (χ0v) is 8.80. The Kier molecular flexibility index (Phi) is 6.39. The van der Waals surface area contributed by atoms with Gasteiger partial charge in [0.1, 0.15) is 6.23 Å². The molecule has 2 nitrogen and oxygen atoms in total. The lowest BCUT2D eigenvalue weighted by atomic mass is 10.1. The summed E-state index contributed by atoms with van der Waals surface area (Å²) in [6, 6.07) is 0. The first-order valence-electron chi connectivity index (χ1n) is 4.93. The minimum atomic E-state index is -0.310. The summed E-state index contributed by atoms with van der Waals surface area (Å²) in [6.07, 6.45) is 1.64. The van der Waals surface area contributed by atoms with Crippen LogP contribution >= 0.6 is 0 Å². The van der Waals surface area contributed by atoms with E-state index >= 15 is 0 Å². The van der Waals surface area contributed by atoms with Gasteiger partial charge in [-0.15, -0.1) is 0 Å². The Morgan fingerprint density at radius 1 is 1.00 bits per heavy atom. The first-order chi connectivity index (χ1) is 5.52. The van der Waals surface area contributed by atoms with Gasteiger partial charge in [-0.3, -0.25) is 5.32 Å². The maximum Gasteiger partial charge on any atom is 0.104 e. The lowest BCUT2D eigenvalue weighted by Gasteiger charge is -2.15. The SMILES string of the molecule is CC(C)CCC(O)NCC(C)C. The van der Waals surface area contributed by atoms with Crippen LogP contribution in [-0.4, -0.2) is 17.9 Å². The van der Waals surface area contributed by atoms with Gasteiger partial charge in [-0.05, 0) is 31.2 Å². The van der Waals surface area contributed by atoms with E-state index in [0.717, 1.165) is 19.4 Å². The molecule has 0 radical (unpaired) electrons. The van der Waals surface area contributed by atoms with E-state index < -0.39 is 0 Å². The van der Waals surface area contributed by atoms with E-state index in [1.54, 1.807) is 0 Å². The topological polar surface area (TPSA) is 32.3 Å². The van der Waals surface area contributed by atoms with Crippen LogP contribution in [-0.2, 0) is 0 Å². The third-order valence-electron chi connectivity index (χ3n) is 1.78. The van der Waals surface area contributed by atoms with Crippen molar-refractivity contribution < 1.29 is 5.11 Å². The Labute approximate surface area is 76.4 Å². The fourth-order valence-corrected chi connectivity index (χ4v) is 0.965. The second kappa shape index (κ2) is 6.44. The predicted molar refractivity (Wildman–Crippen MR) is 52.9 cm³/mol. The van der Waals surface area contributed by atoms with Gasteiger partial charge < -0.3 is 5.11 Å². The average molecular weight is 173 g/mol. The molecule has 2 N–H and O–H groups in total.